The molecule has 1 heterocycles. The predicted molar refractivity (Wildman–Crippen MR) is 81.9 cm³/mol. The Morgan fingerprint density at radius 2 is 2.11 bits per heavy atom. The summed E-state index contributed by atoms with van der Waals surface area (Å²) >= 11 is 7.92. The van der Waals surface area contributed by atoms with Gasteiger partial charge in [-0.2, -0.15) is 16.7 Å². The summed E-state index contributed by atoms with van der Waals surface area (Å²) in [4.78, 5) is 8.49. The average molecular weight is 289 g/mol. The van der Waals surface area contributed by atoms with Gasteiger partial charge in [0.15, 0.2) is 0 Å². The van der Waals surface area contributed by atoms with Gasteiger partial charge in [0.05, 0.1) is 6.20 Å². The summed E-state index contributed by atoms with van der Waals surface area (Å²) in [6.07, 6.45) is 7.14. The van der Waals surface area contributed by atoms with E-state index < -0.39 is 0 Å². The summed E-state index contributed by atoms with van der Waals surface area (Å²) in [6.45, 7) is 3.87. The van der Waals surface area contributed by atoms with Crippen LogP contribution < -0.4 is 10.6 Å². The van der Waals surface area contributed by atoms with Crippen molar-refractivity contribution >= 4 is 35.1 Å². The van der Waals surface area contributed by atoms with Crippen LogP contribution >= 0.6 is 23.4 Å². The number of hydrogen-bond donors (Lipinski definition) is 2. The number of nitrogens with zero attached hydrogens (tertiary/aromatic N) is 2. The molecule has 0 fully saturated rings. The zero-order valence-corrected chi connectivity index (χ0v) is 12.6. The largest absolute Gasteiger partial charge is 0.369 e. The van der Waals surface area contributed by atoms with E-state index in [0.29, 0.717) is 11.0 Å². The van der Waals surface area contributed by atoms with E-state index in [9.17, 15) is 0 Å². The number of rotatable bonds is 9. The standard InChI is InChI=1S/C12H21ClN4S/c1-3-6-15-12-16-9-10(13)11(17-12)14-7-4-5-8-18-2/h9H,3-8H2,1-2H3,(H2,14,15,16,17). The fourth-order valence-electron chi connectivity index (χ4n) is 1.39. The minimum Gasteiger partial charge on any atom is -0.369 e. The summed E-state index contributed by atoms with van der Waals surface area (Å²) in [7, 11) is 0. The van der Waals surface area contributed by atoms with Crippen molar-refractivity contribution in [2.24, 2.45) is 0 Å². The minimum absolute atomic E-state index is 0.571. The van der Waals surface area contributed by atoms with Gasteiger partial charge >= 0.3 is 0 Å². The molecule has 0 atom stereocenters. The second-order valence-electron chi connectivity index (χ2n) is 3.94. The fraction of sp³-hybridized carbons (Fsp3) is 0.667. The molecule has 1 aromatic rings. The summed E-state index contributed by atoms with van der Waals surface area (Å²) < 4.78 is 0. The van der Waals surface area contributed by atoms with Crippen molar-refractivity contribution in [3.05, 3.63) is 11.2 Å². The van der Waals surface area contributed by atoms with Crippen LogP contribution in [0.5, 0.6) is 0 Å². The molecule has 0 amide bonds. The van der Waals surface area contributed by atoms with Crippen molar-refractivity contribution in [1.29, 1.82) is 0 Å². The van der Waals surface area contributed by atoms with Gasteiger partial charge in [0, 0.05) is 13.1 Å². The van der Waals surface area contributed by atoms with Crippen molar-refractivity contribution in [2.45, 2.75) is 26.2 Å². The van der Waals surface area contributed by atoms with Gasteiger partial charge in [-0.05, 0) is 31.3 Å². The molecule has 0 saturated carbocycles. The van der Waals surface area contributed by atoms with Crippen molar-refractivity contribution < 1.29 is 0 Å². The normalized spacial score (nSPS) is 10.4. The second kappa shape index (κ2) is 9.28. The number of thioether (sulfide) groups is 1. The molecule has 0 aliphatic heterocycles. The van der Waals surface area contributed by atoms with E-state index in [4.69, 9.17) is 11.6 Å². The highest BCUT2D eigenvalue weighted by molar-refractivity contribution is 7.98. The number of unbranched alkanes of at least 4 members (excludes halogenated alkanes) is 1. The van der Waals surface area contributed by atoms with Crippen molar-refractivity contribution in [3.8, 4) is 0 Å². The Morgan fingerprint density at radius 1 is 1.28 bits per heavy atom. The highest BCUT2D eigenvalue weighted by Gasteiger charge is 2.04. The van der Waals surface area contributed by atoms with Gasteiger partial charge in [0.1, 0.15) is 10.8 Å². The van der Waals surface area contributed by atoms with Gasteiger partial charge in [-0.1, -0.05) is 18.5 Å². The molecule has 102 valence electrons. The van der Waals surface area contributed by atoms with E-state index in [1.54, 1.807) is 6.20 Å². The lowest BCUT2D eigenvalue weighted by atomic mass is 10.3. The molecule has 6 heteroatoms. The van der Waals surface area contributed by atoms with E-state index >= 15 is 0 Å². The number of anilines is 2. The molecular weight excluding hydrogens is 268 g/mol. The van der Waals surface area contributed by atoms with Crippen LogP contribution in [0.15, 0.2) is 6.20 Å². The lowest BCUT2D eigenvalue weighted by Crippen LogP contribution is -2.09. The molecular formula is C12H21ClN4S. The summed E-state index contributed by atoms with van der Waals surface area (Å²) in [6, 6.07) is 0. The Hall–Kier alpha value is -0.680. The summed E-state index contributed by atoms with van der Waals surface area (Å²) in [5.74, 6) is 2.55. The third-order valence-electron chi connectivity index (χ3n) is 2.34. The lowest BCUT2D eigenvalue weighted by molar-refractivity contribution is 0.838. The van der Waals surface area contributed by atoms with E-state index in [0.717, 1.165) is 31.7 Å². The van der Waals surface area contributed by atoms with Crippen LogP contribution in [0.3, 0.4) is 0 Å². The maximum atomic E-state index is 6.05. The Kier molecular flexibility index (Phi) is 7.93. The van der Waals surface area contributed by atoms with Crippen molar-refractivity contribution in [2.75, 3.05) is 35.7 Å². The minimum atomic E-state index is 0.571. The number of halogens is 1. The first-order valence-corrected chi connectivity index (χ1v) is 8.04. The molecule has 1 aromatic heterocycles. The molecule has 2 N–H and O–H groups in total. The molecule has 4 nitrogen and oxygen atoms in total. The van der Waals surface area contributed by atoms with Crippen LogP contribution in [-0.2, 0) is 0 Å². The first-order valence-electron chi connectivity index (χ1n) is 6.27. The average Bonchev–Trinajstić information content (AvgIpc) is 2.39. The third kappa shape index (κ3) is 5.78. The Labute approximate surface area is 118 Å². The Morgan fingerprint density at radius 3 is 2.83 bits per heavy atom. The Bertz CT molecular complexity index is 349. The molecule has 0 radical (unpaired) electrons. The molecule has 0 aliphatic carbocycles. The number of nitrogens with one attached hydrogen (secondary N) is 2. The smallest absolute Gasteiger partial charge is 0.224 e. The molecule has 18 heavy (non-hydrogen) atoms. The molecule has 1 rings (SSSR count). The molecule has 0 unspecified atom stereocenters. The molecule has 0 saturated heterocycles. The highest BCUT2D eigenvalue weighted by Crippen LogP contribution is 2.19. The summed E-state index contributed by atoms with van der Waals surface area (Å²) in [5, 5.41) is 6.98. The van der Waals surface area contributed by atoms with E-state index in [2.05, 4.69) is 33.8 Å². The molecule has 0 aromatic carbocycles. The van der Waals surface area contributed by atoms with Crippen LogP contribution in [0.2, 0.25) is 5.02 Å². The molecule has 0 spiro atoms. The number of aromatic nitrogens is 2. The van der Waals surface area contributed by atoms with Crippen LogP contribution in [0, 0.1) is 0 Å². The van der Waals surface area contributed by atoms with Gasteiger partial charge in [-0.15, -0.1) is 0 Å². The highest BCUT2D eigenvalue weighted by atomic mass is 35.5. The fourth-order valence-corrected chi connectivity index (χ4v) is 2.04. The maximum Gasteiger partial charge on any atom is 0.224 e. The van der Waals surface area contributed by atoms with Crippen LogP contribution in [0.25, 0.3) is 0 Å². The SMILES string of the molecule is CCCNc1ncc(Cl)c(NCCCCSC)n1. The zero-order valence-electron chi connectivity index (χ0n) is 11.0. The maximum absolute atomic E-state index is 6.05. The first-order chi connectivity index (χ1) is 8.77. The third-order valence-corrected chi connectivity index (χ3v) is 3.32. The monoisotopic (exact) mass is 288 g/mol. The van der Waals surface area contributed by atoms with Crippen LogP contribution in [-0.4, -0.2) is 35.1 Å². The Balaban J connectivity index is 2.42. The van der Waals surface area contributed by atoms with Crippen molar-refractivity contribution in [1.82, 2.24) is 9.97 Å². The van der Waals surface area contributed by atoms with Crippen LogP contribution in [0.4, 0.5) is 11.8 Å². The van der Waals surface area contributed by atoms with Gasteiger partial charge in [-0.25, -0.2) is 4.98 Å². The predicted octanol–water partition coefficient (Wildman–Crippen LogP) is 3.51. The van der Waals surface area contributed by atoms with Crippen molar-refractivity contribution in [3.63, 3.8) is 0 Å². The quantitative estimate of drug-likeness (QED) is 0.681. The van der Waals surface area contributed by atoms with Gasteiger partial charge in [-0.3, -0.25) is 0 Å². The van der Waals surface area contributed by atoms with Gasteiger partial charge < -0.3 is 10.6 Å². The first kappa shape index (κ1) is 15.4. The van der Waals surface area contributed by atoms with Gasteiger partial charge in [0.25, 0.3) is 0 Å². The van der Waals surface area contributed by atoms with E-state index in [1.807, 2.05) is 11.8 Å². The zero-order chi connectivity index (χ0) is 13.2. The van der Waals surface area contributed by atoms with Crippen LogP contribution in [0.1, 0.15) is 26.2 Å². The number of hydrogen-bond acceptors (Lipinski definition) is 5. The van der Waals surface area contributed by atoms with E-state index in [1.165, 1.54) is 12.2 Å². The topological polar surface area (TPSA) is 49.8 Å². The van der Waals surface area contributed by atoms with E-state index in [-0.39, 0.29) is 0 Å². The molecule has 0 bridgehead atoms. The second-order valence-corrected chi connectivity index (χ2v) is 5.34. The molecule has 0 aliphatic rings. The summed E-state index contributed by atoms with van der Waals surface area (Å²) in [5.41, 5.74) is 0. The lowest BCUT2D eigenvalue weighted by Gasteiger charge is -2.09. The van der Waals surface area contributed by atoms with Gasteiger partial charge in [0.2, 0.25) is 5.95 Å².